The second kappa shape index (κ2) is 7.55. The Balaban J connectivity index is 2.01. The summed E-state index contributed by atoms with van der Waals surface area (Å²) >= 11 is 1.07. The minimum atomic E-state index is -1.15. The van der Waals surface area contributed by atoms with E-state index in [4.69, 9.17) is 9.84 Å². The number of aromatic nitrogens is 1. The van der Waals surface area contributed by atoms with Crippen molar-refractivity contribution in [3.63, 3.8) is 0 Å². The van der Waals surface area contributed by atoms with Gasteiger partial charge in [-0.3, -0.25) is 19.7 Å². The van der Waals surface area contributed by atoms with Gasteiger partial charge in [-0.05, 0) is 31.2 Å². The lowest BCUT2D eigenvalue weighted by Crippen LogP contribution is -2.38. The number of rotatable bonds is 6. The van der Waals surface area contributed by atoms with Crippen molar-refractivity contribution in [1.82, 2.24) is 10.3 Å². The summed E-state index contributed by atoms with van der Waals surface area (Å²) < 4.78 is 5.02. The lowest BCUT2D eigenvalue weighted by Gasteiger charge is -2.07. The standard InChI is InChI=1S/C15H15N3O5S/c1-8(14(21)22)16-13(20)11-7-24-15(17-11)18-12(19)9-3-5-10(23-2)6-4-9/h3-8H,1-2H3,(H,16,20)(H,21,22)(H,17,18,19). The van der Waals surface area contributed by atoms with Crippen LogP contribution in [0.25, 0.3) is 0 Å². The number of hydrogen-bond donors (Lipinski definition) is 3. The Kier molecular flexibility index (Phi) is 5.48. The van der Waals surface area contributed by atoms with Crippen LogP contribution in [0.5, 0.6) is 5.75 Å². The predicted molar refractivity (Wildman–Crippen MR) is 87.6 cm³/mol. The molecule has 126 valence electrons. The van der Waals surface area contributed by atoms with Crippen LogP contribution in [0.1, 0.15) is 27.8 Å². The minimum Gasteiger partial charge on any atom is -0.497 e. The molecule has 0 spiro atoms. The molecule has 9 heteroatoms. The van der Waals surface area contributed by atoms with Crippen LogP contribution in [-0.4, -0.2) is 41.0 Å². The number of methoxy groups -OCH3 is 1. The van der Waals surface area contributed by atoms with Gasteiger partial charge in [0.15, 0.2) is 5.13 Å². The Morgan fingerprint density at radius 2 is 1.88 bits per heavy atom. The molecule has 0 aliphatic rings. The maximum Gasteiger partial charge on any atom is 0.325 e. The van der Waals surface area contributed by atoms with Crippen molar-refractivity contribution in [3.05, 3.63) is 40.9 Å². The molecule has 1 aromatic heterocycles. The number of hydrogen-bond acceptors (Lipinski definition) is 6. The summed E-state index contributed by atoms with van der Waals surface area (Å²) in [4.78, 5) is 38.6. The summed E-state index contributed by atoms with van der Waals surface area (Å²) in [7, 11) is 1.53. The number of benzene rings is 1. The molecule has 0 saturated carbocycles. The number of carbonyl (C=O) groups excluding carboxylic acids is 2. The smallest absolute Gasteiger partial charge is 0.325 e. The van der Waals surface area contributed by atoms with Crippen molar-refractivity contribution in [1.29, 1.82) is 0 Å². The number of nitrogens with zero attached hydrogens (tertiary/aromatic N) is 1. The van der Waals surface area contributed by atoms with Gasteiger partial charge >= 0.3 is 5.97 Å². The molecule has 2 aromatic rings. The summed E-state index contributed by atoms with van der Waals surface area (Å²) in [5.41, 5.74) is 0.453. The number of carboxylic acids is 1. The fraction of sp³-hybridized carbons (Fsp3) is 0.200. The maximum atomic E-state index is 12.1. The van der Waals surface area contributed by atoms with Gasteiger partial charge in [-0.2, -0.15) is 0 Å². The molecule has 1 aromatic carbocycles. The van der Waals surface area contributed by atoms with Gasteiger partial charge in [0.25, 0.3) is 11.8 Å². The highest BCUT2D eigenvalue weighted by Gasteiger charge is 2.18. The number of carboxylic acid groups (broad SMARTS) is 1. The third-order valence-corrected chi connectivity index (χ3v) is 3.79. The van der Waals surface area contributed by atoms with E-state index >= 15 is 0 Å². The molecule has 1 unspecified atom stereocenters. The van der Waals surface area contributed by atoms with Gasteiger partial charge in [-0.1, -0.05) is 0 Å². The molecule has 24 heavy (non-hydrogen) atoms. The van der Waals surface area contributed by atoms with E-state index in [0.717, 1.165) is 11.3 Å². The highest BCUT2D eigenvalue weighted by molar-refractivity contribution is 7.14. The number of ether oxygens (including phenoxy) is 1. The van der Waals surface area contributed by atoms with Crippen molar-refractivity contribution in [3.8, 4) is 5.75 Å². The van der Waals surface area contributed by atoms with Crippen LogP contribution in [0.4, 0.5) is 5.13 Å². The van der Waals surface area contributed by atoms with Gasteiger partial charge in [0.2, 0.25) is 0 Å². The average molecular weight is 349 g/mol. The molecule has 8 nitrogen and oxygen atoms in total. The number of carbonyl (C=O) groups is 3. The fourth-order valence-corrected chi connectivity index (χ4v) is 2.37. The Morgan fingerprint density at radius 3 is 2.46 bits per heavy atom. The molecule has 2 amide bonds. The monoisotopic (exact) mass is 349 g/mol. The highest BCUT2D eigenvalue weighted by Crippen LogP contribution is 2.18. The molecule has 2 rings (SSSR count). The molecule has 0 aliphatic carbocycles. The van der Waals surface area contributed by atoms with Gasteiger partial charge < -0.3 is 15.2 Å². The number of thiazole rings is 1. The van der Waals surface area contributed by atoms with Crippen LogP contribution in [-0.2, 0) is 4.79 Å². The molecule has 0 aliphatic heterocycles. The highest BCUT2D eigenvalue weighted by atomic mass is 32.1. The minimum absolute atomic E-state index is 0.0399. The molecule has 0 fully saturated rings. The first-order valence-corrected chi connectivity index (χ1v) is 7.73. The molecule has 0 bridgehead atoms. The molecule has 1 atom stereocenters. The lowest BCUT2D eigenvalue weighted by atomic mass is 10.2. The Morgan fingerprint density at radius 1 is 1.21 bits per heavy atom. The molecule has 0 radical (unpaired) electrons. The summed E-state index contributed by atoms with van der Waals surface area (Å²) in [5.74, 6) is -1.51. The van der Waals surface area contributed by atoms with E-state index in [2.05, 4.69) is 15.6 Å². The van der Waals surface area contributed by atoms with E-state index in [1.54, 1.807) is 24.3 Å². The maximum absolute atomic E-state index is 12.1. The van der Waals surface area contributed by atoms with Gasteiger partial charge in [0, 0.05) is 10.9 Å². The zero-order chi connectivity index (χ0) is 17.7. The van der Waals surface area contributed by atoms with Crippen molar-refractivity contribution < 1.29 is 24.2 Å². The van der Waals surface area contributed by atoms with Crippen molar-refractivity contribution in [2.24, 2.45) is 0 Å². The number of nitrogens with one attached hydrogen (secondary N) is 2. The first-order valence-electron chi connectivity index (χ1n) is 6.85. The molecular formula is C15H15N3O5S. The Labute approximate surface area is 141 Å². The van der Waals surface area contributed by atoms with Crippen molar-refractivity contribution in [2.45, 2.75) is 13.0 Å². The van der Waals surface area contributed by atoms with E-state index < -0.39 is 17.9 Å². The summed E-state index contributed by atoms with van der Waals surface area (Å²) in [5, 5.41) is 15.3. The van der Waals surface area contributed by atoms with Gasteiger partial charge in [0.1, 0.15) is 17.5 Å². The van der Waals surface area contributed by atoms with Crippen molar-refractivity contribution in [2.75, 3.05) is 12.4 Å². The van der Waals surface area contributed by atoms with Gasteiger partial charge in [-0.15, -0.1) is 11.3 Å². The third kappa shape index (κ3) is 4.29. The topological polar surface area (TPSA) is 118 Å². The summed E-state index contributed by atoms with van der Waals surface area (Å²) in [6.07, 6.45) is 0. The van der Waals surface area contributed by atoms with Crippen molar-refractivity contribution >= 4 is 34.3 Å². The first kappa shape index (κ1) is 17.4. The van der Waals surface area contributed by atoms with Gasteiger partial charge in [-0.25, -0.2) is 4.98 Å². The lowest BCUT2D eigenvalue weighted by molar-refractivity contribution is -0.138. The number of amides is 2. The third-order valence-electron chi connectivity index (χ3n) is 3.03. The summed E-state index contributed by atoms with van der Waals surface area (Å²) in [6.45, 7) is 1.35. The van der Waals surface area contributed by atoms with Crippen LogP contribution in [0.15, 0.2) is 29.6 Å². The first-order chi connectivity index (χ1) is 11.4. The number of anilines is 1. The van der Waals surface area contributed by atoms with Crippen LogP contribution >= 0.6 is 11.3 Å². The molecule has 1 heterocycles. The van der Waals surface area contributed by atoms with Gasteiger partial charge in [0.05, 0.1) is 7.11 Å². The van der Waals surface area contributed by atoms with E-state index in [0.29, 0.717) is 11.3 Å². The van der Waals surface area contributed by atoms with Crippen LogP contribution in [0.2, 0.25) is 0 Å². The quantitative estimate of drug-likeness (QED) is 0.729. The molecule has 3 N–H and O–H groups in total. The summed E-state index contributed by atoms with van der Waals surface area (Å²) in [6, 6.07) is 5.48. The second-order valence-electron chi connectivity index (χ2n) is 4.75. The SMILES string of the molecule is COc1ccc(C(=O)Nc2nc(C(=O)NC(C)C(=O)O)cs2)cc1. The average Bonchev–Trinajstić information content (AvgIpc) is 3.03. The van der Waals surface area contributed by atoms with E-state index in [9.17, 15) is 14.4 Å². The van der Waals surface area contributed by atoms with Crippen LogP contribution < -0.4 is 15.4 Å². The molecule has 0 saturated heterocycles. The van der Waals surface area contributed by atoms with E-state index in [1.807, 2.05) is 0 Å². The Bertz CT molecular complexity index is 757. The normalized spacial score (nSPS) is 11.4. The fourth-order valence-electron chi connectivity index (χ4n) is 1.68. The van der Waals surface area contributed by atoms with Crippen LogP contribution in [0.3, 0.4) is 0 Å². The van der Waals surface area contributed by atoms with E-state index in [-0.39, 0.29) is 16.7 Å². The van der Waals surface area contributed by atoms with E-state index in [1.165, 1.54) is 19.4 Å². The molecular weight excluding hydrogens is 334 g/mol. The zero-order valence-corrected chi connectivity index (χ0v) is 13.7. The largest absolute Gasteiger partial charge is 0.497 e. The second-order valence-corrected chi connectivity index (χ2v) is 5.61. The zero-order valence-electron chi connectivity index (χ0n) is 12.9. The Hall–Kier alpha value is -2.94. The van der Waals surface area contributed by atoms with Crippen LogP contribution in [0, 0.1) is 0 Å². The predicted octanol–water partition coefficient (Wildman–Crippen LogP) is 1.61. The number of aliphatic carboxylic acids is 1.